The number of aromatic nitrogens is 3. The van der Waals surface area contributed by atoms with Gasteiger partial charge in [0.2, 0.25) is 0 Å². The van der Waals surface area contributed by atoms with Crippen LogP contribution in [0.1, 0.15) is 16.4 Å². The number of ether oxygens (including phenoxy) is 1. The van der Waals surface area contributed by atoms with Gasteiger partial charge in [-0.15, -0.1) is 0 Å². The number of anilines is 1. The summed E-state index contributed by atoms with van der Waals surface area (Å²) in [6.07, 6.45) is 1.74. The van der Waals surface area contributed by atoms with Gasteiger partial charge in [0.1, 0.15) is 11.3 Å². The fourth-order valence-electron chi connectivity index (χ4n) is 2.64. The van der Waals surface area contributed by atoms with E-state index >= 15 is 0 Å². The van der Waals surface area contributed by atoms with Gasteiger partial charge in [0, 0.05) is 18.8 Å². The lowest BCUT2D eigenvalue weighted by Gasteiger charge is -2.04. The highest BCUT2D eigenvalue weighted by Gasteiger charge is 2.12. The summed E-state index contributed by atoms with van der Waals surface area (Å²) in [4.78, 5) is 16.7. The van der Waals surface area contributed by atoms with Gasteiger partial charge in [-0.3, -0.25) is 4.79 Å². The molecule has 7 nitrogen and oxygen atoms in total. The number of carbonyl (C=O) groups excluding carboxylic acids is 1. The Morgan fingerprint density at radius 3 is 2.73 bits per heavy atom. The molecule has 0 aliphatic carbocycles. The number of aryl methyl sites for hydroxylation is 1. The fraction of sp³-hybridized carbons (Fsp3) is 0.105. The standard InChI is InChI=1S/C19H16N4O3/c1-12-20-17-11-13(3-8-18(17)26-12)21-19(24)16-9-10-23(22-16)14-4-6-15(25-2)7-5-14/h3-11H,1-2H3,(H,21,24). The molecule has 0 fully saturated rings. The average Bonchev–Trinajstić information content (AvgIpc) is 3.27. The van der Waals surface area contributed by atoms with Crippen molar-refractivity contribution < 1.29 is 13.9 Å². The zero-order chi connectivity index (χ0) is 18.1. The zero-order valence-corrected chi connectivity index (χ0v) is 14.3. The van der Waals surface area contributed by atoms with Gasteiger partial charge in [0.05, 0.1) is 12.8 Å². The Bertz CT molecular complexity index is 1080. The molecule has 4 aromatic rings. The average molecular weight is 348 g/mol. The number of methoxy groups -OCH3 is 1. The summed E-state index contributed by atoms with van der Waals surface area (Å²) in [5.74, 6) is 1.05. The van der Waals surface area contributed by atoms with Crippen molar-refractivity contribution in [2.75, 3.05) is 12.4 Å². The van der Waals surface area contributed by atoms with Crippen molar-refractivity contribution in [3.8, 4) is 11.4 Å². The Hall–Kier alpha value is -3.61. The van der Waals surface area contributed by atoms with E-state index < -0.39 is 0 Å². The minimum atomic E-state index is -0.295. The molecule has 0 spiro atoms. The van der Waals surface area contributed by atoms with Crippen LogP contribution in [0.15, 0.2) is 59.1 Å². The third-order valence-electron chi connectivity index (χ3n) is 3.91. The first-order chi connectivity index (χ1) is 12.6. The fourth-order valence-corrected chi connectivity index (χ4v) is 2.64. The van der Waals surface area contributed by atoms with Crippen molar-refractivity contribution in [1.82, 2.24) is 14.8 Å². The SMILES string of the molecule is COc1ccc(-n2ccc(C(=O)Nc3ccc4oc(C)nc4c3)n2)cc1. The number of nitrogens with one attached hydrogen (secondary N) is 1. The van der Waals surface area contributed by atoms with Crippen LogP contribution in [-0.2, 0) is 0 Å². The van der Waals surface area contributed by atoms with Crippen molar-refractivity contribution in [3.05, 3.63) is 66.3 Å². The van der Waals surface area contributed by atoms with E-state index in [0.29, 0.717) is 28.4 Å². The van der Waals surface area contributed by atoms with E-state index in [2.05, 4.69) is 15.4 Å². The van der Waals surface area contributed by atoms with Crippen molar-refractivity contribution in [3.63, 3.8) is 0 Å². The summed E-state index contributed by atoms with van der Waals surface area (Å²) >= 11 is 0. The topological polar surface area (TPSA) is 82.2 Å². The molecule has 2 heterocycles. The van der Waals surface area contributed by atoms with Crippen LogP contribution >= 0.6 is 0 Å². The number of fused-ring (bicyclic) bond motifs is 1. The molecule has 1 N–H and O–H groups in total. The highest BCUT2D eigenvalue weighted by molar-refractivity contribution is 6.03. The molecule has 0 unspecified atom stereocenters. The number of hydrogen-bond donors (Lipinski definition) is 1. The van der Waals surface area contributed by atoms with E-state index in [1.54, 1.807) is 49.2 Å². The van der Waals surface area contributed by atoms with Crippen LogP contribution < -0.4 is 10.1 Å². The van der Waals surface area contributed by atoms with Gasteiger partial charge in [0.25, 0.3) is 5.91 Å². The first-order valence-corrected chi connectivity index (χ1v) is 8.01. The van der Waals surface area contributed by atoms with Crippen LogP contribution in [0.25, 0.3) is 16.8 Å². The van der Waals surface area contributed by atoms with Gasteiger partial charge in [-0.1, -0.05) is 0 Å². The number of oxazole rings is 1. The van der Waals surface area contributed by atoms with Crippen LogP contribution in [0.2, 0.25) is 0 Å². The molecule has 4 rings (SSSR count). The number of carbonyl (C=O) groups is 1. The molecule has 1 amide bonds. The van der Waals surface area contributed by atoms with Crippen LogP contribution in [0, 0.1) is 6.92 Å². The third-order valence-corrected chi connectivity index (χ3v) is 3.91. The van der Waals surface area contributed by atoms with Gasteiger partial charge < -0.3 is 14.5 Å². The van der Waals surface area contributed by atoms with E-state index in [9.17, 15) is 4.79 Å². The number of benzene rings is 2. The summed E-state index contributed by atoms with van der Waals surface area (Å²) in [6, 6.07) is 14.4. The number of hydrogen-bond acceptors (Lipinski definition) is 5. The minimum Gasteiger partial charge on any atom is -0.497 e. The Kier molecular flexibility index (Phi) is 3.89. The number of rotatable bonds is 4. The summed E-state index contributed by atoms with van der Waals surface area (Å²) < 4.78 is 12.2. The van der Waals surface area contributed by atoms with Crippen molar-refractivity contribution in [2.24, 2.45) is 0 Å². The van der Waals surface area contributed by atoms with E-state index in [0.717, 1.165) is 11.4 Å². The molecule has 2 aromatic heterocycles. The number of amides is 1. The summed E-state index contributed by atoms with van der Waals surface area (Å²) in [5, 5.41) is 7.15. The van der Waals surface area contributed by atoms with Crippen LogP contribution in [0.3, 0.4) is 0 Å². The predicted molar refractivity (Wildman–Crippen MR) is 96.8 cm³/mol. The maximum atomic E-state index is 12.4. The van der Waals surface area contributed by atoms with Crippen molar-refractivity contribution in [1.29, 1.82) is 0 Å². The maximum absolute atomic E-state index is 12.4. The largest absolute Gasteiger partial charge is 0.497 e. The second-order valence-corrected chi connectivity index (χ2v) is 5.71. The first kappa shape index (κ1) is 15.9. The Labute approximate surface area is 149 Å². The van der Waals surface area contributed by atoms with E-state index in [1.165, 1.54) is 0 Å². The molecule has 0 bridgehead atoms. The lowest BCUT2D eigenvalue weighted by molar-refractivity contribution is 0.102. The number of nitrogens with zero attached hydrogens (tertiary/aromatic N) is 3. The molecule has 0 saturated heterocycles. The van der Waals surface area contributed by atoms with E-state index in [-0.39, 0.29) is 5.91 Å². The lowest BCUT2D eigenvalue weighted by Crippen LogP contribution is -2.13. The van der Waals surface area contributed by atoms with Gasteiger partial charge in [0.15, 0.2) is 17.2 Å². The normalized spacial score (nSPS) is 10.8. The minimum absolute atomic E-state index is 0.295. The second kappa shape index (κ2) is 6.36. The van der Waals surface area contributed by atoms with E-state index in [1.807, 2.05) is 24.3 Å². The van der Waals surface area contributed by atoms with Gasteiger partial charge in [-0.05, 0) is 48.5 Å². The first-order valence-electron chi connectivity index (χ1n) is 8.01. The molecular weight excluding hydrogens is 332 g/mol. The molecular formula is C19H16N4O3. The molecule has 0 aliphatic heterocycles. The third kappa shape index (κ3) is 3.02. The van der Waals surface area contributed by atoms with Crippen molar-refractivity contribution in [2.45, 2.75) is 6.92 Å². The van der Waals surface area contributed by atoms with Gasteiger partial charge in [-0.25, -0.2) is 9.67 Å². The van der Waals surface area contributed by atoms with Crippen molar-refractivity contribution >= 4 is 22.7 Å². The molecule has 26 heavy (non-hydrogen) atoms. The molecule has 0 saturated carbocycles. The quantitative estimate of drug-likeness (QED) is 0.609. The summed E-state index contributed by atoms with van der Waals surface area (Å²) in [5.41, 5.74) is 3.17. The molecule has 0 aliphatic rings. The van der Waals surface area contributed by atoms with Crippen LogP contribution in [0.5, 0.6) is 5.75 Å². The summed E-state index contributed by atoms with van der Waals surface area (Å²) in [7, 11) is 1.61. The lowest BCUT2D eigenvalue weighted by atomic mass is 10.2. The molecule has 7 heteroatoms. The van der Waals surface area contributed by atoms with E-state index in [4.69, 9.17) is 9.15 Å². The molecule has 0 atom stereocenters. The van der Waals surface area contributed by atoms with Crippen LogP contribution in [0.4, 0.5) is 5.69 Å². The predicted octanol–water partition coefficient (Wildman–Crippen LogP) is 3.58. The molecule has 0 radical (unpaired) electrons. The van der Waals surface area contributed by atoms with Crippen LogP contribution in [-0.4, -0.2) is 27.8 Å². The zero-order valence-electron chi connectivity index (χ0n) is 14.3. The molecule has 2 aromatic carbocycles. The molecule has 130 valence electrons. The smallest absolute Gasteiger partial charge is 0.276 e. The maximum Gasteiger partial charge on any atom is 0.276 e. The van der Waals surface area contributed by atoms with Gasteiger partial charge in [-0.2, -0.15) is 5.10 Å². The summed E-state index contributed by atoms with van der Waals surface area (Å²) in [6.45, 7) is 1.78. The highest BCUT2D eigenvalue weighted by Crippen LogP contribution is 2.20. The monoisotopic (exact) mass is 348 g/mol. The highest BCUT2D eigenvalue weighted by atomic mass is 16.5. The Morgan fingerprint density at radius 1 is 1.15 bits per heavy atom. The second-order valence-electron chi connectivity index (χ2n) is 5.71. The Morgan fingerprint density at radius 2 is 1.96 bits per heavy atom. The Balaban J connectivity index is 1.53. The van der Waals surface area contributed by atoms with Gasteiger partial charge >= 0.3 is 0 Å².